The van der Waals surface area contributed by atoms with Crippen molar-refractivity contribution in [3.63, 3.8) is 0 Å². The molecule has 0 radical (unpaired) electrons. The van der Waals surface area contributed by atoms with Gasteiger partial charge in [0.15, 0.2) is 12.1 Å². The van der Waals surface area contributed by atoms with Gasteiger partial charge in [0.2, 0.25) is 0 Å². The van der Waals surface area contributed by atoms with Crippen molar-refractivity contribution in [3.8, 4) is 0 Å². The highest BCUT2D eigenvalue weighted by Crippen LogP contribution is 2.45. The van der Waals surface area contributed by atoms with Crippen molar-refractivity contribution < 1.29 is 18.9 Å². The molecule has 0 aliphatic carbocycles. The minimum absolute atomic E-state index is 0.0394. The van der Waals surface area contributed by atoms with Gasteiger partial charge in [0.1, 0.15) is 12.2 Å². The molecule has 0 bridgehead atoms. The van der Waals surface area contributed by atoms with Gasteiger partial charge in [-0.3, -0.25) is 0 Å². The zero-order valence-corrected chi connectivity index (χ0v) is 10.1. The third-order valence-corrected chi connectivity index (χ3v) is 3.32. The predicted molar refractivity (Wildman–Crippen MR) is 54.4 cm³/mol. The number of fused-ring (bicyclic) bond motifs is 1. The van der Waals surface area contributed by atoms with Crippen LogP contribution in [0.4, 0.5) is 0 Å². The molecule has 0 spiro atoms. The minimum Gasteiger partial charge on any atom is -0.353 e. The number of ether oxygens (including phenoxy) is 4. The van der Waals surface area contributed by atoms with Crippen molar-refractivity contribution in [2.24, 2.45) is 0 Å². The molecular formula is C11H20O4. The fourth-order valence-electron chi connectivity index (χ4n) is 2.33. The van der Waals surface area contributed by atoms with Gasteiger partial charge in [-0.15, -0.1) is 0 Å². The van der Waals surface area contributed by atoms with Crippen molar-refractivity contribution >= 4 is 0 Å². The Morgan fingerprint density at radius 2 is 1.80 bits per heavy atom. The maximum absolute atomic E-state index is 5.88. The zero-order chi connectivity index (χ0) is 11.3. The minimum atomic E-state index is -0.535. The summed E-state index contributed by atoms with van der Waals surface area (Å²) < 4.78 is 22.8. The summed E-state index contributed by atoms with van der Waals surface area (Å²) in [5.41, 5.74) is -0.306. The highest BCUT2D eigenvalue weighted by molar-refractivity contribution is 5.02. The summed E-state index contributed by atoms with van der Waals surface area (Å²) in [5.74, 6) is -0.535. The van der Waals surface area contributed by atoms with Crippen LogP contribution in [0.3, 0.4) is 0 Å². The van der Waals surface area contributed by atoms with Crippen LogP contribution >= 0.6 is 0 Å². The molecule has 2 heterocycles. The van der Waals surface area contributed by atoms with Crippen LogP contribution in [-0.2, 0) is 18.9 Å². The van der Waals surface area contributed by atoms with Gasteiger partial charge in [0.25, 0.3) is 0 Å². The molecule has 15 heavy (non-hydrogen) atoms. The SMILES string of the molecule is CC[C@@]1(C)O[C@@H](OC)C2OC(C)(C)O[C@H]21. The summed E-state index contributed by atoms with van der Waals surface area (Å²) >= 11 is 0. The van der Waals surface area contributed by atoms with Gasteiger partial charge in [-0.1, -0.05) is 6.92 Å². The third-order valence-electron chi connectivity index (χ3n) is 3.32. The molecule has 2 aliphatic heterocycles. The van der Waals surface area contributed by atoms with Gasteiger partial charge in [0.05, 0.1) is 5.60 Å². The quantitative estimate of drug-likeness (QED) is 0.703. The summed E-state index contributed by atoms with van der Waals surface area (Å²) in [6, 6.07) is 0. The maximum atomic E-state index is 5.88. The van der Waals surface area contributed by atoms with Gasteiger partial charge in [-0.25, -0.2) is 0 Å². The van der Waals surface area contributed by atoms with Crippen LogP contribution in [0, 0.1) is 0 Å². The van der Waals surface area contributed by atoms with E-state index in [1.807, 2.05) is 13.8 Å². The first kappa shape index (κ1) is 11.3. The molecule has 0 amide bonds. The van der Waals surface area contributed by atoms with Crippen LogP contribution in [0.1, 0.15) is 34.1 Å². The summed E-state index contributed by atoms with van der Waals surface area (Å²) in [6.45, 7) is 7.99. The van der Waals surface area contributed by atoms with Gasteiger partial charge in [-0.2, -0.15) is 0 Å². The molecule has 0 saturated carbocycles. The van der Waals surface area contributed by atoms with E-state index in [0.29, 0.717) is 0 Å². The molecule has 0 aromatic heterocycles. The summed E-state index contributed by atoms with van der Waals surface area (Å²) in [4.78, 5) is 0. The summed E-state index contributed by atoms with van der Waals surface area (Å²) in [5, 5.41) is 0. The Morgan fingerprint density at radius 3 is 2.33 bits per heavy atom. The molecule has 88 valence electrons. The first-order valence-corrected chi connectivity index (χ1v) is 5.48. The van der Waals surface area contributed by atoms with Crippen LogP contribution < -0.4 is 0 Å². The van der Waals surface area contributed by atoms with E-state index in [4.69, 9.17) is 18.9 Å². The van der Waals surface area contributed by atoms with E-state index < -0.39 is 5.79 Å². The number of methoxy groups -OCH3 is 1. The van der Waals surface area contributed by atoms with Crippen molar-refractivity contribution in [3.05, 3.63) is 0 Å². The first-order chi connectivity index (χ1) is 6.92. The molecule has 2 saturated heterocycles. The average Bonchev–Trinajstić information content (AvgIpc) is 2.61. The maximum Gasteiger partial charge on any atom is 0.186 e. The van der Waals surface area contributed by atoms with Gasteiger partial charge in [0, 0.05) is 7.11 Å². The Balaban J connectivity index is 2.23. The highest BCUT2D eigenvalue weighted by atomic mass is 16.8. The summed E-state index contributed by atoms with van der Waals surface area (Å²) in [7, 11) is 1.64. The Morgan fingerprint density at radius 1 is 1.13 bits per heavy atom. The van der Waals surface area contributed by atoms with E-state index in [1.165, 1.54) is 0 Å². The normalized spacial score (nSPS) is 48.2. The lowest BCUT2D eigenvalue weighted by Gasteiger charge is -2.30. The standard InChI is InChI=1S/C11H20O4/c1-6-11(4)8-7(9(12-5)15-11)13-10(2,3)14-8/h7-9H,6H2,1-5H3/t7?,8-,9-,11-/m1/s1. The van der Waals surface area contributed by atoms with E-state index in [-0.39, 0.29) is 24.1 Å². The van der Waals surface area contributed by atoms with Crippen molar-refractivity contribution in [1.82, 2.24) is 0 Å². The monoisotopic (exact) mass is 216 g/mol. The second kappa shape index (κ2) is 3.42. The Kier molecular flexibility index (Phi) is 2.58. The molecule has 4 heteroatoms. The fourth-order valence-corrected chi connectivity index (χ4v) is 2.33. The third kappa shape index (κ3) is 1.69. The van der Waals surface area contributed by atoms with E-state index in [0.717, 1.165) is 6.42 Å². The van der Waals surface area contributed by atoms with Crippen LogP contribution in [0.5, 0.6) is 0 Å². The Labute approximate surface area is 90.8 Å². The van der Waals surface area contributed by atoms with Gasteiger partial charge in [-0.05, 0) is 27.2 Å². The number of hydrogen-bond donors (Lipinski definition) is 0. The van der Waals surface area contributed by atoms with Crippen molar-refractivity contribution in [2.45, 2.75) is 64.0 Å². The first-order valence-electron chi connectivity index (χ1n) is 5.48. The average molecular weight is 216 g/mol. The molecule has 1 unspecified atom stereocenters. The molecule has 2 aliphatic rings. The topological polar surface area (TPSA) is 36.9 Å². The Hall–Kier alpha value is -0.160. The predicted octanol–water partition coefficient (Wildman–Crippen LogP) is 1.68. The van der Waals surface area contributed by atoms with Crippen LogP contribution in [0.15, 0.2) is 0 Å². The molecule has 4 nitrogen and oxygen atoms in total. The number of rotatable bonds is 2. The molecule has 0 aromatic rings. The van der Waals surface area contributed by atoms with E-state index >= 15 is 0 Å². The van der Waals surface area contributed by atoms with E-state index in [9.17, 15) is 0 Å². The largest absolute Gasteiger partial charge is 0.353 e. The molecular weight excluding hydrogens is 196 g/mol. The molecule has 4 atom stereocenters. The van der Waals surface area contributed by atoms with Crippen LogP contribution in [-0.4, -0.2) is 37.0 Å². The lowest BCUT2D eigenvalue weighted by molar-refractivity contribution is -0.247. The second-order valence-corrected chi connectivity index (χ2v) is 4.91. The highest BCUT2D eigenvalue weighted by Gasteiger charge is 2.60. The van der Waals surface area contributed by atoms with Crippen LogP contribution in [0.25, 0.3) is 0 Å². The lowest BCUT2D eigenvalue weighted by Crippen LogP contribution is -2.39. The lowest BCUT2D eigenvalue weighted by atomic mass is 9.95. The van der Waals surface area contributed by atoms with Gasteiger partial charge >= 0.3 is 0 Å². The fraction of sp³-hybridized carbons (Fsp3) is 1.00. The zero-order valence-electron chi connectivity index (χ0n) is 10.1. The Bertz CT molecular complexity index is 253. The smallest absolute Gasteiger partial charge is 0.186 e. The van der Waals surface area contributed by atoms with Crippen LogP contribution in [0.2, 0.25) is 0 Å². The summed E-state index contributed by atoms with van der Waals surface area (Å²) in [6.07, 6.45) is 0.409. The van der Waals surface area contributed by atoms with Gasteiger partial charge < -0.3 is 18.9 Å². The molecule has 0 N–H and O–H groups in total. The molecule has 2 fully saturated rings. The van der Waals surface area contributed by atoms with E-state index in [2.05, 4.69) is 13.8 Å². The van der Waals surface area contributed by atoms with E-state index in [1.54, 1.807) is 7.11 Å². The van der Waals surface area contributed by atoms with Crippen molar-refractivity contribution in [1.29, 1.82) is 0 Å². The molecule has 0 aromatic carbocycles. The number of hydrogen-bond acceptors (Lipinski definition) is 4. The van der Waals surface area contributed by atoms with Crippen molar-refractivity contribution in [2.75, 3.05) is 7.11 Å². The second-order valence-electron chi connectivity index (χ2n) is 4.91. The molecule has 2 rings (SSSR count).